The van der Waals surface area contributed by atoms with E-state index in [2.05, 4.69) is 5.32 Å². The number of hydrogen-bond donors (Lipinski definition) is 1. The zero-order valence-corrected chi connectivity index (χ0v) is 15.9. The van der Waals surface area contributed by atoms with Crippen molar-refractivity contribution in [2.45, 2.75) is 58.0 Å². The van der Waals surface area contributed by atoms with Gasteiger partial charge in [-0.3, -0.25) is 9.59 Å². The summed E-state index contributed by atoms with van der Waals surface area (Å²) in [5.41, 5.74) is 0.779. The van der Waals surface area contributed by atoms with Crippen LogP contribution in [0.2, 0.25) is 5.02 Å². The molecule has 4 fully saturated rings. The highest BCUT2D eigenvalue weighted by Gasteiger charge is 2.51. The minimum Gasteiger partial charge on any atom is -0.453 e. The molecule has 0 aromatic heterocycles. The SMILES string of the molecule is C[C@@H](OC(=O)CC12CC3CC(CC(C3)C1)C2)C(=O)Nc1ccc(Cl)cc1. The number of hydrogen-bond acceptors (Lipinski definition) is 3. The van der Waals surface area contributed by atoms with E-state index < -0.39 is 6.10 Å². The second-order valence-corrected chi connectivity index (χ2v) is 9.16. The lowest BCUT2D eigenvalue weighted by atomic mass is 9.49. The van der Waals surface area contributed by atoms with Gasteiger partial charge in [0.1, 0.15) is 0 Å². The van der Waals surface area contributed by atoms with Crippen molar-refractivity contribution in [1.29, 1.82) is 0 Å². The fourth-order valence-electron chi connectivity index (χ4n) is 5.88. The summed E-state index contributed by atoms with van der Waals surface area (Å²) in [6.07, 6.45) is 7.23. The van der Waals surface area contributed by atoms with Crippen LogP contribution in [0.15, 0.2) is 24.3 Å². The van der Waals surface area contributed by atoms with Crippen LogP contribution >= 0.6 is 11.6 Å². The largest absolute Gasteiger partial charge is 0.453 e. The van der Waals surface area contributed by atoms with E-state index in [1.165, 1.54) is 38.5 Å². The van der Waals surface area contributed by atoms with Gasteiger partial charge in [-0.25, -0.2) is 0 Å². The first-order chi connectivity index (χ1) is 12.4. The predicted octanol–water partition coefficient (Wildman–Crippen LogP) is 4.82. The van der Waals surface area contributed by atoms with Gasteiger partial charge in [0, 0.05) is 10.7 Å². The molecule has 5 heteroatoms. The maximum atomic E-state index is 12.5. The predicted molar refractivity (Wildman–Crippen MR) is 101 cm³/mol. The second kappa shape index (κ2) is 6.88. The van der Waals surface area contributed by atoms with E-state index in [4.69, 9.17) is 16.3 Å². The molecular formula is C21H26ClNO3. The Kier molecular flexibility index (Phi) is 4.72. The molecule has 5 rings (SSSR count). The maximum Gasteiger partial charge on any atom is 0.307 e. The van der Waals surface area contributed by atoms with Gasteiger partial charge in [-0.2, -0.15) is 0 Å². The van der Waals surface area contributed by atoms with E-state index in [0.717, 1.165) is 17.8 Å². The van der Waals surface area contributed by atoms with Crippen LogP contribution in [-0.4, -0.2) is 18.0 Å². The number of amides is 1. The molecule has 4 aliphatic rings. The van der Waals surface area contributed by atoms with Gasteiger partial charge < -0.3 is 10.1 Å². The van der Waals surface area contributed by atoms with Crippen molar-refractivity contribution in [2.75, 3.05) is 5.32 Å². The standard InChI is InChI=1S/C21H26ClNO3/c1-13(20(25)23-18-4-2-17(22)3-5-18)26-19(24)12-21-9-14-6-15(10-21)8-16(7-14)11-21/h2-5,13-16H,6-12H2,1H3,(H,23,25)/t13-,14?,15?,16?,21?/m1/s1. The van der Waals surface area contributed by atoms with Gasteiger partial charge >= 0.3 is 5.97 Å². The van der Waals surface area contributed by atoms with E-state index >= 15 is 0 Å². The topological polar surface area (TPSA) is 55.4 Å². The second-order valence-electron chi connectivity index (χ2n) is 8.72. The van der Waals surface area contributed by atoms with Crippen molar-refractivity contribution >= 4 is 29.2 Å². The van der Waals surface area contributed by atoms with E-state index in [0.29, 0.717) is 17.1 Å². The lowest BCUT2D eigenvalue weighted by Gasteiger charge is -2.56. The lowest BCUT2D eigenvalue weighted by molar-refractivity contribution is -0.160. The Labute approximate surface area is 159 Å². The monoisotopic (exact) mass is 375 g/mol. The van der Waals surface area contributed by atoms with Crippen LogP contribution in [0.25, 0.3) is 0 Å². The minimum absolute atomic E-state index is 0.137. The average Bonchev–Trinajstić information content (AvgIpc) is 2.55. The van der Waals surface area contributed by atoms with E-state index in [-0.39, 0.29) is 17.3 Å². The number of carbonyl (C=O) groups is 2. The summed E-state index contributed by atoms with van der Waals surface area (Å²) in [6.45, 7) is 1.63. The van der Waals surface area contributed by atoms with Gasteiger partial charge in [0.2, 0.25) is 0 Å². The van der Waals surface area contributed by atoms with Crippen molar-refractivity contribution in [3.8, 4) is 0 Å². The zero-order valence-electron chi connectivity index (χ0n) is 15.2. The van der Waals surface area contributed by atoms with Gasteiger partial charge in [0.25, 0.3) is 5.91 Å². The van der Waals surface area contributed by atoms with Gasteiger partial charge in [-0.05, 0) is 92.9 Å². The van der Waals surface area contributed by atoms with Crippen LogP contribution in [0.4, 0.5) is 5.69 Å². The summed E-state index contributed by atoms with van der Waals surface area (Å²) >= 11 is 5.85. The van der Waals surface area contributed by atoms with Crippen molar-refractivity contribution in [3.63, 3.8) is 0 Å². The quantitative estimate of drug-likeness (QED) is 0.751. The zero-order chi connectivity index (χ0) is 18.3. The van der Waals surface area contributed by atoms with Gasteiger partial charge in [0.05, 0.1) is 6.42 Å². The molecule has 4 bridgehead atoms. The Hall–Kier alpha value is -1.55. The van der Waals surface area contributed by atoms with Gasteiger partial charge in [0.15, 0.2) is 6.10 Å². The molecule has 1 N–H and O–H groups in total. The molecule has 1 aromatic rings. The molecule has 0 spiro atoms. The number of rotatable bonds is 5. The molecule has 0 aliphatic heterocycles. The third kappa shape index (κ3) is 3.75. The Morgan fingerprint density at radius 3 is 2.19 bits per heavy atom. The molecule has 140 valence electrons. The van der Waals surface area contributed by atoms with Crippen LogP contribution < -0.4 is 5.32 Å². The number of carbonyl (C=O) groups excluding carboxylic acids is 2. The number of halogens is 1. The van der Waals surface area contributed by atoms with E-state index in [1.54, 1.807) is 31.2 Å². The fraction of sp³-hybridized carbons (Fsp3) is 0.619. The Balaban J connectivity index is 1.31. The average molecular weight is 376 g/mol. The molecular weight excluding hydrogens is 350 g/mol. The van der Waals surface area contributed by atoms with Crippen LogP contribution in [0, 0.1) is 23.2 Å². The molecule has 0 heterocycles. The molecule has 1 aromatic carbocycles. The van der Waals surface area contributed by atoms with Crippen LogP contribution in [0.1, 0.15) is 51.9 Å². The lowest BCUT2D eigenvalue weighted by Crippen LogP contribution is -2.47. The van der Waals surface area contributed by atoms with Crippen molar-refractivity contribution < 1.29 is 14.3 Å². The molecule has 1 amide bonds. The van der Waals surface area contributed by atoms with Crippen LogP contribution in [-0.2, 0) is 14.3 Å². The van der Waals surface area contributed by atoms with Crippen molar-refractivity contribution in [3.05, 3.63) is 29.3 Å². The van der Waals surface area contributed by atoms with Crippen LogP contribution in [0.5, 0.6) is 0 Å². The molecule has 26 heavy (non-hydrogen) atoms. The highest BCUT2D eigenvalue weighted by atomic mass is 35.5. The summed E-state index contributed by atoms with van der Waals surface area (Å²) in [6, 6.07) is 6.87. The van der Waals surface area contributed by atoms with Gasteiger partial charge in [-0.1, -0.05) is 11.6 Å². The Morgan fingerprint density at radius 1 is 1.12 bits per heavy atom. The van der Waals surface area contributed by atoms with E-state index in [1.807, 2.05) is 0 Å². The highest BCUT2D eigenvalue weighted by molar-refractivity contribution is 6.30. The third-order valence-electron chi connectivity index (χ3n) is 6.47. The number of ether oxygens (including phenoxy) is 1. The number of benzene rings is 1. The summed E-state index contributed by atoms with van der Waals surface area (Å²) in [7, 11) is 0. The summed E-state index contributed by atoms with van der Waals surface area (Å²) < 4.78 is 5.47. The Bertz CT molecular complexity index is 664. The first kappa shape index (κ1) is 17.8. The molecule has 0 radical (unpaired) electrons. The molecule has 0 unspecified atom stereocenters. The summed E-state index contributed by atoms with van der Waals surface area (Å²) in [5, 5.41) is 3.37. The summed E-state index contributed by atoms with van der Waals surface area (Å²) in [5.74, 6) is 1.87. The molecule has 4 aliphatic carbocycles. The number of esters is 1. The summed E-state index contributed by atoms with van der Waals surface area (Å²) in [4.78, 5) is 24.8. The highest BCUT2D eigenvalue weighted by Crippen LogP contribution is 2.61. The molecule has 4 nitrogen and oxygen atoms in total. The van der Waals surface area contributed by atoms with Crippen molar-refractivity contribution in [1.82, 2.24) is 0 Å². The number of anilines is 1. The maximum absolute atomic E-state index is 12.5. The molecule has 0 saturated heterocycles. The van der Waals surface area contributed by atoms with Gasteiger partial charge in [-0.15, -0.1) is 0 Å². The third-order valence-corrected chi connectivity index (χ3v) is 6.73. The Morgan fingerprint density at radius 2 is 1.65 bits per heavy atom. The van der Waals surface area contributed by atoms with Crippen LogP contribution in [0.3, 0.4) is 0 Å². The number of nitrogens with one attached hydrogen (secondary N) is 1. The molecule has 4 saturated carbocycles. The smallest absolute Gasteiger partial charge is 0.307 e. The van der Waals surface area contributed by atoms with Crippen molar-refractivity contribution in [2.24, 2.45) is 23.2 Å². The first-order valence-electron chi connectivity index (χ1n) is 9.67. The molecule has 1 atom stereocenters. The minimum atomic E-state index is -0.799. The first-order valence-corrected chi connectivity index (χ1v) is 10.0. The normalized spacial score (nSPS) is 32.9. The fourth-order valence-corrected chi connectivity index (χ4v) is 6.01. The van der Waals surface area contributed by atoms with E-state index in [9.17, 15) is 9.59 Å².